The number of carbonyl (C=O) groups is 1. The van der Waals surface area contributed by atoms with Gasteiger partial charge in [-0.15, -0.1) is 0 Å². The van der Waals surface area contributed by atoms with E-state index in [1.807, 2.05) is 0 Å². The number of piperidine rings is 1. The maximum absolute atomic E-state index is 13.2. The molecule has 2 amide bonds. The number of sulfone groups is 1. The molecule has 4 rings (SSSR count). The van der Waals surface area contributed by atoms with Crippen LogP contribution in [-0.2, 0) is 16.0 Å². The standard InChI is InChI=1S/C20H20F3N3O3S/c21-20(22,23)17-5-1-2-6-18(17)25-19(27)26-13-7-8-14(26)11-16(10-13)30(28,29)15-4-3-9-24-12-15/h1-6,9,12-14,16H,7-8,10-11H2,(H,25,27). The van der Waals surface area contributed by atoms with Crippen molar-refractivity contribution in [1.82, 2.24) is 9.88 Å². The van der Waals surface area contributed by atoms with E-state index in [0.29, 0.717) is 12.8 Å². The van der Waals surface area contributed by atoms with Crippen molar-refractivity contribution in [1.29, 1.82) is 0 Å². The van der Waals surface area contributed by atoms with Gasteiger partial charge in [-0.1, -0.05) is 12.1 Å². The maximum Gasteiger partial charge on any atom is 0.418 e. The quantitative estimate of drug-likeness (QED) is 0.781. The van der Waals surface area contributed by atoms with Crippen LogP contribution in [0.2, 0.25) is 0 Å². The van der Waals surface area contributed by atoms with Crippen molar-refractivity contribution < 1.29 is 26.4 Å². The molecule has 30 heavy (non-hydrogen) atoms. The molecule has 1 N–H and O–H groups in total. The molecule has 1 aromatic carbocycles. The minimum Gasteiger partial charge on any atom is -0.318 e. The van der Waals surface area contributed by atoms with Crippen LogP contribution >= 0.6 is 0 Å². The van der Waals surface area contributed by atoms with Gasteiger partial charge >= 0.3 is 12.2 Å². The van der Waals surface area contributed by atoms with E-state index >= 15 is 0 Å². The minimum atomic E-state index is -4.59. The van der Waals surface area contributed by atoms with E-state index in [1.54, 1.807) is 6.07 Å². The third-order valence-corrected chi connectivity index (χ3v) is 7.96. The summed E-state index contributed by atoms with van der Waals surface area (Å²) in [5.74, 6) is 0. The first kappa shape index (κ1) is 20.6. The number of rotatable bonds is 3. The highest BCUT2D eigenvalue weighted by Gasteiger charge is 2.47. The van der Waals surface area contributed by atoms with Crippen LogP contribution in [0.4, 0.5) is 23.7 Å². The number of amides is 2. The molecule has 0 saturated carbocycles. The molecule has 10 heteroatoms. The van der Waals surface area contributed by atoms with Gasteiger partial charge in [-0.25, -0.2) is 13.2 Å². The predicted molar refractivity (Wildman–Crippen MR) is 104 cm³/mol. The first-order chi connectivity index (χ1) is 14.2. The number of alkyl halides is 3. The van der Waals surface area contributed by atoms with Crippen LogP contribution in [0.5, 0.6) is 0 Å². The number of para-hydroxylation sites is 1. The van der Waals surface area contributed by atoms with Crippen molar-refractivity contribution in [2.45, 2.75) is 54.1 Å². The van der Waals surface area contributed by atoms with E-state index in [1.165, 1.54) is 41.6 Å². The minimum absolute atomic E-state index is 0.145. The van der Waals surface area contributed by atoms with Crippen LogP contribution in [0.1, 0.15) is 31.2 Å². The van der Waals surface area contributed by atoms with Crippen LogP contribution < -0.4 is 5.32 Å². The lowest BCUT2D eigenvalue weighted by Gasteiger charge is -2.38. The molecule has 2 atom stereocenters. The van der Waals surface area contributed by atoms with Crippen LogP contribution in [0, 0.1) is 0 Å². The van der Waals surface area contributed by atoms with E-state index in [2.05, 4.69) is 10.3 Å². The van der Waals surface area contributed by atoms with E-state index < -0.39 is 32.9 Å². The molecule has 2 bridgehead atoms. The molecule has 2 unspecified atom stereocenters. The second-order valence-corrected chi connectivity index (χ2v) is 9.82. The summed E-state index contributed by atoms with van der Waals surface area (Å²) in [4.78, 5) is 18.4. The zero-order chi connectivity index (χ0) is 21.5. The smallest absolute Gasteiger partial charge is 0.318 e. The number of halogens is 3. The Labute approximate surface area is 172 Å². The Hall–Kier alpha value is -2.62. The molecular formula is C20H20F3N3O3S. The monoisotopic (exact) mass is 439 g/mol. The number of carbonyl (C=O) groups excluding carboxylic acids is 1. The topological polar surface area (TPSA) is 79.4 Å². The molecule has 2 aliphatic heterocycles. The second kappa shape index (κ2) is 7.57. The third kappa shape index (κ3) is 3.76. The van der Waals surface area contributed by atoms with Crippen molar-refractivity contribution in [3.05, 3.63) is 54.4 Å². The Balaban J connectivity index is 1.52. The second-order valence-electron chi connectivity index (χ2n) is 7.59. The SMILES string of the molecule is O=C(Nc1ccccc1C(F)(F)F)N1C2CCC1CC(S(=O)(=O)c1cccnc1)C2. The lowest BCUT2D eigenvalue weighted by atomic mass is 10.0. The molecule has 3 heterocycles. The predicted octanol–water partition coefficient (Wildman–Crippen LogP) is 4.10. The van der Waals surface area contributed by atoms with Gasteiger partial charge in [-0.3, -0.25) is 4.98 Å². The number of urea groups is 1. The summed E-state index contributed by atoms with van der Waals surface area (Å²) >= 11 is 0. The summed E-state index contributed by atoms with van der Waals surface area (Å²) in [6.07, 6.45) is -0.0350. The van der Waals surface area contributed by atoms with E-state index in [-0.39, 0.29) is 35.5 Å². The fraction of sp³-hybridized carbons (Fsp3) is 0.400. The summed E-state index contributed by atoms with van der Waals surface area (Å²) in [5, 5.41) is 1.73. The van der Waals surface area contributed by atoms with Crippen molar-refractivity contribution in [3.63, 3.8) is 0 Å². The summed E-state index contributed by atoms with van der Waals surface area (Å²) in [7, 11) is -3.59. The molecule has 0 spiro atoms. The normalized spacial score (nSPS) is 24.0. The molecule has 1 aromatic heterocycles. The number of hydrogen-bond acceptors (Lipinski definition) is 4. The zero-order valence-electron chi connectivity index (χ0n) is 15.8. The van der Waals surface area contributed by atoms with Crippen LogP contribution in [0.15, 0.2) is 53.7 Å². The van der Waals surface area contributed by atoms with Crippen LogP contribution in [0.3, 0.4) is 0 Å². The summed E-state index contributed by atoms with van der Waals surface area (Å²) in [5.41, 5.74) is -1.22. The van der Waals surface area contributed by atoms with E-state index in [4.69, 9.17) is 0 Å². The number of benzene rings is 1. The molecule has 2 aromatic rings. The average molecular weight is 439 g/mol. The van der Waals surface area contributed by atoms with Crippen molar-refractivity contribution in [2.24, 2.45) is 0 Å². The van der Waals surface area contributed by atoms with Crippen molar-refractivity contribution >= 4 is 21.6 Å². The Morgan fingerprint density at radius 1 is 1.07 bits per heavy atom. The Kier molecular flexibility index (Phi) is 5.21. The molecule has 0 aliphatic carbocycles. The summed E-state index contributed by atoms with van der Waals surface area (Å²) in [6.45, 7) is 0. The van der Waals surface area contributed by atoms with E-state index in [9.17, 15) is 26.4 Å². The zero-order valence-corrected chi connectivity index (χ0v) is 16.7. The lowest BCUT2D eigenvalue weighted by molar-refractivity contribution is -0.136. The Morgan fingerprint density at radius 3 is 2.33 bits per heavy atom. The molecule has 6 nitrogen and oxygen atoms in total. The largest absolute Gasteiger partial charge is 0.418 e. The summed E-state index contributed by atoms with van der Waals surface area (Å²) in [6, 6.07) is 6.56. The number of hydrogen-bond donors (Lipinski definition) is 1. The number of pyridine rings is 1. The molecular weight excluding hydrogens is 419 g/mol. The molecule has 2 fully saturated rings. The van der Waals surface area contributed by atoms with Gasteiger partial charge in [0.2, 0.25) is 0 Å². The highest BCUT2D eigenvalue weighted by atomic mass is 32.2. The first-order valence-corrected chi connectivity index (χ1v) is 11.1. The number of anilines is 1. The van der Waals surface area contributed by atoms with E-state index in [0.717, 1.165) is 6.07 Å². The van der Waals surface area contributed by atoms with Gasteiger partial charge in [-0.05, 0) is 49.9 Å². The van der Waals surface area contributed by atoms with Gasteiger partial charge in [0.25, 0.3) is 0 Å². The average Bonchev–Trinajstić information content (AvgIpc) is 2.97. The molecule has 2 aliphatic rings. The van der Waals surface area contributed by atoms with Gasteiger partial charge in [0.05, 0.1) is 21.4 Å². The molecule has 0 radical (unpaired) electrons. The van der Waals surface area contributed by atoms with Crippen LogP contribution in [0.25, 0.3) is 0 Å². The third-order valence-electron chi connectivity index (χ3n) is 5.80. The molecule has 160 valence electrons. The molecule has 2 saturated heterocycles. The van der Waals surface area contributed by atoms with Gasteiger partial charge < -0.3 is 10.2 Å². The van der Waals surface area contributed by atoms with Crippen molar-refractivity contribution in [3.8, 4) is 0 Å². The van der Waals surface area contributed by atoms with Gasteiger partial charge in [0.15, 0.2) is 9.84 Å². The highest BCUT2D eigenvalue weighted by Crippen LogP contribution is 2.41. The fourth-order valence-electron chi connectivity index (χ4n) is 4.44. The Morgan fingerprint density at radius 2 is 1.73 bits per heavy atom. The number of fused-ring (bicyclic) bond motifs is 2. The van der Waals surface area contributed by atoms with Gasteiger partial charge in [0.1, 0.15) is 0 Å². The van der Waals surface area contributed by atoms with Crippen molar-refractivity contribution in [2.75, 3.05) is 5.32 Å². The summed E-state index contributed by atoms with van der Waals surface area (Å²) < 4.78 is 65.5. The van der Waals surface area contributed by atoms with Gasteiger partial charge in [-0.2, -0.15) is 13.2 Å². The first-order valence-electron chi connectivity index (χ1n) is 9.57. The fourth-order valence-corrected chi connectivity index (χ4v) is 6.25. The number of nitrogens with zero attached hydrogens (tertiary/aromatic N) is 2. The Bertz CT molecular complexity index is 1030. The van der Waals surface area contributed by atoms with Gasteiger partial charge in [0, 0.05) is 24.5 Å². The number of nitrogens with one attached hydrogen (secondary N) is 1. The lowest BCUT2D eigenvalue weighted by Crippen LogP contribution is -2.51. The van der Waals surface area contributed by atoms with Crippen LogP contribution in [-0.4, -0.2) is 41.7 Å². The highest BCUT2D eigenvalue weighted by molar-refractivity contribution is 7.92. The number of aromatic nitrogens is 1. The maximum atomic E-state index is 13.2.